The third-order valence-electron chi connectivity index (χ3n) is 4.67. The van der Waals surface area contributed by atoms with E-state index in [4.69, 9.17) is 0 Å². The van der Waals surface area contributed by atoms with Crippen molar-refractivity contribution in [2.45, 2.75) is 37.1 Å². The monoisotopic (exact) mass is 320 g/mol. The van der Waals surface area contributed by atoms with Crippen molar-refractivity contribution in [1.82, 2.24) is 9.71 Å². The highest BCUT2D eigenvalue weighted by Crippen LogP contribution is 2.38. The molecule has 5 nitrogen and oxygen atoms in total. The first kappa shape index (κ1) is 15.4. The average Bonchev–Trinajstić information content (AvgIpc) is 2.87. The van der Waals surface area contributed by atoms with Crippen LogP contribution in [0.1, 0.15) is 26.2 Å². The van der Waals surface area contributed by atoms with Gasteiger partial charge in [-0.25, -0.2) is 13.1 Å². The van der Waals surface area contributed by atoms with Gasteiger partial charge in [-0.2, -0.15) is 0 Å². The van der Waals surface area contributed by atoms with Crippen molar-refractivity contribution in [3.8, 4) is 0 Å². The number of nitrogens with one attached hydrogen (secondary N) is 1. The molecule has 0 saturated heterocycles. The molecule has 1 aliphatic carbocycles. The van der Waals surface area contributed by atoms with Crippen LogP contribution in [0.5, 0.6) is 0 Å². The number of sulfonamides is 1. The Balaban J connectivity index is 1.99. The van der Waals surface area contributed by atoms with Gasteiger partial charge in [-0.1, -0.05) is 25.5 Å². The SMILES string of the molecule is C[C@@]1(CO)CCC[C@@H]1NS(=O)(=O)c1cccc2cnccc12. The molecular formula is C16H20N2O3S. The van der Waals surface area contributed by atoms with Crippen molar-refractivity contribution in [3.05, 3.63) is 36.7 Å². The number of benzene rings is 1. The highest BCUT2D eigenvalue weighted by atomic mass is 32.2. The van der Waals surface area contributed by atoms with E-state index in [2.05, 4.69) is 9.71 Å². The topological polar surface area (TPSA) is 79.3 Å². The zero-order valence-electron chi connectivity index (χ0n) is 12.5. The molecule has 1 aliphatic rings. The number of aromatic nitrogens is 1. The van der Waals surface area contributed by atoms with Gasteiger partial charge in [-0.3, -0.25) is 4.98 Å². The van der Waals surface area contributed by atoms with Crippen LogP contribution in [-0.2, 0) is 10.0 Å². The highest BCUT2D eigenvalue weighted by molar-refractivity contribution is 7.89. The zero-order valence-corrected chi connectivity index (χ0v) is 13.3. The molecule has 0 radical (unpaired) electrons. The lowest BCUT2D eigenvalue weighted by Crippen LogP contribution is -2.44. The Morgan fingerprint density at radius 2 is 2.23 bits per heavy atom. The fourth-order valence-corrected chi connectivity index (χ4v) is 4.84. The summed E-state index contributed by atoms with van der Waals surface area (Å²) in [5, 5.41) is 11.0. The summed E-state index contributed by atoms with van der Waals surface area (Å²) in [5.74, 6) is 0. The number of hydrogen-bond donors (Lipinski definition) is 2. The van der Waals surface area contributed by atoms with E-state index in [9.17, 15) is 13.5 Å². The quantitative estimate of drug-likeness (QED) is 0.904. The highest BCUT2D eigenvalue weighted by Gasteiger charge is 2.40. The fourth-order valence-electron chi connectivity index (χ4n) is 3.20. The van der Waals surface area contributed by atoms with E-state index in [0.717, 1.165) is 24.6 Å². The maximum absolute atomic E-state index is 12.8. The lowest BCUT2D eigenvalue weighted by atomic mass is 9.86. The Labute approximate surface area is 130 Å². The van der Waals surface area contributed by atoms with E-state index in [-0.39, 0.29) is 23.0 Å². The van der Waals surface area contributed by atoms with E-state index in [1.807, 2.05) is 13.0 Å². The minimum Gasteiger partial charge on any atom is -0.396 e. The summed E-state index contributed by atoms with van der Waals surface area (Å²) in [7, 11) is -3.64. The molecular weight excluding hydrogens is 300 g/mol. The zero-order chi connectivity index (χ0) is 15.8. The van der Waals surface area contributed by atoms with Gasteiger partial charge in [-0.05, 0) is 25.0 Å². The molecule has 1 heterocycles. The molecule has 2 atom stereocenters. The molecule has 2 N–H and O–H groups in total. The molecule has 1 aromatic heterocycles. The minimum absolute atomic E-state index is 0.0142. The summed E-state index contributed by atoms with van der Waals surface area (Å²) in [6.45, 7) is 1.92. The molecule has 118 valence electrons. The van der Waals surface area contributed by atoms with Crippen LogP contribution in [0.25, 0.3) is 10.8 Å². The number of nitrogens with zero attached hydrogens (tertiary/aromatic N) is 1. The van der Waals surface area contributed by atoms with Crippen LogP contribution in [0, 0.1) is 5.41 Å². The number of hydrogen-bond acceptors (Lipinski definition) is 4. The average molecular weight is 320 g/mol. The van der Waals surface area contributed by atoms with Gasteiger partial charge in [0, 0.05) is 41.2 Å². The molecule has 1 fully saturated rings. The fraction of sp³-hybridized carbons (Fsp3) is 0.438. The van der Waals surface area contributed by atoms with Crippen LogP contribution in [0.3, 0.4) is 0 Å². The van der Waals surface area contributed by atoms with Gasteiger partial charge in [-0.15, -0.1) is 0 Å². The largest absolute Gasteiger partial charge is 0.396 e. The molecule has 0 aliphatic heterocycles. The van der Waals surface area contributed by atoms with E-state index < -0.39 is 10.0 Å². The lowest BCUT2D eigenvalue weighted by Gasteiger charge is -2.30. The van der Waals surface area contributed by atoms with Crippen LogP contribution in [0.4, 0.5) is 0 Å². The van der Waals surface area contributed by atoms with Gasteiger partial charge >= 0.3 is 0 Å². The lowest BCUT2D eigenvalue weighted by molar-refractivity contribution is 0.127. The number of rotatable bonds is 4. The molecule has 3 rings (SSSR count). The summed E-state index contributed by atoms with van der Waals surface area (Å²) in [4.78, 5) is 4.29. The van der Waals surface area contributed by atoms with E-state index in [1.165, 1.54) is 0 Å². The normalized spacial score (nSPS) is 25.6. The first-order valence-corrected chi connectivity index (χ1v) is 8.90. The van der Waals surface area contributed by atoms with Crippen LogP contribution in [0.2, 0.25) is 0 Å². The van der Waals surface area contributed by atoms with Crippen LogP contribution >= 0.6 is 0 Å². The second kappa shape index (κ2) is 5.61. The molecule has 22 heavy (non-hydrogen) atoms. The van der Waals surface area contributed by atoms with Crippen molar-refractivity contribution in [2.75, 3.05) is 6.61 Å². The van der Waals surface area contributed by atoms with Gasteiger partial charge in [0.1, 0.15) is 0 Å². The maximum atomic E-state index is 12.8. The molecule has 0 bridgehead atoms. The first-order valence-electron chi connectivity index (χ1n) is 7.42. The summed E-state index contributed by atoms with van der Waals surface area (Å²) < 4.78 is 28.4. The van der Waals surface area contributed by atoms with Crippen LogP contribution < -0.4 is 4.72 Å². The van der Waals surface area contributed by atoms with E-state index >= 15 is 0 Å². The minimum atomic E-state index is -3.64. The summed E-state index contributed by atoms with van der Waals surface area (Å²) in [6, 6.07) is 6.65. The maximum Gasteiger partial charge on any atom is 0.241 e. The molecule has 0 amide bonds. The number of aliphatic hydroxyl groups excluding tert-OH is 1. The summed E-state index contributed by atoms with van der Waals surface area (Å²) >= 11 is 0. The van der Waals surface area contributed by atoms with Crippen molar-refractivity contribution < 1.29 is 13.5 Å². The summed E-state index contributed by atoms with van der Waals surface area (Å²) in [5.41, 5.74) is -0.390. The molecule has 0 unspecified atom stereocenters. The second-order valence-corrected chi connectivity index (χ2v) is 7.91. The standard InChI is InChI=1S/C16H20N2O3S/c1-16(11-19)8-3-6-15(16)18-22(20,21)14-5-2-4-12-10-17-9-7-13(12)14/h2,4-5,7,9-10,15,18-19H,3,6,8,11H2,1H3/t15-,16-/m0/s1. The Bertz CT molecular complexity index is 786. The van der Waals surface area contributed by atoms with Gasteiger partial charge < -0.3 is 5.11 Å². The van der Waals surface area contributed by atoms with E-state index in [1.54, 1.807) is 30.6 Å². The smallest absolute Gasteiger partial charge is 0.241 e. The van der Waals surface area contributed by atoms with Gasteiger partial charge in [0.15, 0.2) is 0 Å². The molecule has 1 aromatic carbocycles. The molecule has 1 saturated carbocycles. The number of pyridine rings is 1. The van der Waals surface area contributed by atoms with Crippen molar-refractivity contribution in [3.63, 3.8) is 0 Å². The molecule has 2 aromatic rings. The van der Waals surface area contributed by atoms with Crippen LogP contribution in [0.15, 0.2) is 41.6 Å². The van der Waals surface area contributed by atoms with Crippen molar-refractivity contribution in [1.29, 1.82) is 0 Å². The Morgan fingerprint density at radius 3 is 3.00 bits per heavy atom. The van der Waals surface area contributed by atoms with Gasteiger partial charge in [0.05, 0.1) is 4.90 Å². The van der Waals surface area contributed by atoms with Crippen molar-refractivity contribution in [2.24, 2.45) is 5.41 Å². The second-order valence-electron chi connectivity index (χ2n) is 6.23. The number of fused-ring (bicyclic) bond motifs is 1. The molecule has 6 heteroatoms. The Morgan fingerprint density at radius 1 is 1.41 bits per heavy atom. The number of aliphatic hydroxyl groups is 1. The van der Waals surface area contributed by atoms with Crippen molar-refractivity contribution >= 4 is 20.8 Å². The van der Waals surface area contributed by atoms with Gasteiger partial charge in [0.2, 0.25) is 10.0 Å². The molecule has 0 spiro atoms. The summed E-state index contributed by atoms with van der Waals surface area (Å²) in [6.07, 6.45) is 5.75. The van der Waals surface area contributed by atoms with Gasteiger partial charge in [0.25, 0.3) is 0 Å². The third kappa shape index (κ3) is 2.62. The third-order valence-corrected chi connectivity index (χ3v) is 6.20. The first-order chi connectivity index (χ1) is 10.5. The predicted molar refractivity (Wildman–Crippen MR) is 84.9 cm³/mol. The predicted octanol–water partition coefficient (Wildman–Crippen LogP) is 2.06. The Kier molecular flexibility index (Phi) is 3.92. The van der Waals surface area contributed by atoms with Crippen LogP contribution in [-0.4, -0.2) is 31.2 Å². The van der Waals surface area contributed by atoms with E-state index in [0.29, 0.717) is 5.39 Å². The Hall–Kier alpha value is -1.50.